The van der Waals surface area contributed by atoms with E-state index < -0.39 is 0 Å². The predicted molar refractivity (Wildman–Crippen MR) is 80.6 cm³/mol. The van der Waals surface area contributed by atoms with E-state index in [1.54, 1.807) is 0 Å². The molecule has 1 spiro atoms. The third kappa shape index (κ3) is 3.50. The van der Waals surface area contributed by atoms with Crippen molar-refractivity contribution in [1.82, 2.24) is 10.2 Å². The van der Waals surface area contributed by atoms with Gasteiger partial charge in [-0.05, 0) is 40.0 Å². The summed E-state index contributed by atoms with van der Waals surface area (Å²) in [5, 5.41) is 3.82. The molecule has 0 aromatic rings. The highest BCUT2D eigenvalue weighted by Gasteiger charge is 2.46. The van der Waals surface area contributed by atoms with E-state index in [9.17, 15) is 0 Å². The maximum atomic E-state index is 5.79. The molecule has 0 aromatic heterocycles. The molecule has 0 radical (unpaired) electrons. The quantitative estimate of drug-likeness (QED) is 0.830. The van der Waals surface area contributed by atoms with Gasteiger partial charge in [0.15, 0.2) is 0 Å². The van der Waals surface area contributed by atoms with Gasteiger partial charge in [0, 0.05) is 30.7 Å². The molecule has 19 heavy (non-hydrogen) atoms. The standard InChI is InChI=1S/C16H32N2O/c1-5-15(4)13-18(10-11-19-14(2)3)16(12-17-15)8-6-7-9-16/h14,17H,5-13H2,1-4H3. The van der Waals surface area contributed by atoms with Gasteiger partial charge in [-0.15, -0.1) is 0 Å². The molecular weight excluding hydrogens is 236 g/mol. The Morgan fingerprint density at radius 1 is 1.26 bits per heavy atom. The van der Waals surface area contributed by atoms with E-state index in [1.165, 1.54) is 45.2 Å². The molecular formula is C16H32N2O. The lowest BCUT2D eigenvalue weighted by Gasteiger charge is -2.52. The maximum Gasteiger partial charge on any atom is 0.0597 e. The van der Waals surface area contributed by atoms with E-state index in [0.717, 1.165) is 13.2 Å². The fourth-order valence-corrected chi connectivity index (χ4v) is 3.61. The lowest BCUT2D eigenvalue weighted by molar-refractivity contribution is -0.0194. The first-order chi connectivity index (χ1) is 9.00. The molecule has 0 bridgehead atoms. The predicted octanol–water partition coefficient (Wildman–Crippen LogP) is 2.80. The average Bonchev–Trinajstić information content (AvgIpc) is 2.84. The molecule has 0 amide bonds. The molecule has 1 N–H and O–H groups in total. The Morgan fingerprint density at radius 2 is 1.95 bits per heavy atom. The second-order valence-electron chi connectivity index (χ2n) is 7.04. The molecule has 1 saturated carbocycles. The Kier molecular flexibility index (Phi) is 4.91. The van der Waals surface area contributed by atoms with E-state index in [1.807, 2.05) is 0 Å². The van der Waals surface area contributed by atoms with Crippen molar-refractivity contribution in [3.8, 4) is 0 Å². The summed E-state index contributed by atoms with van der Waals surface area (Å²) in [6.07, 6.45) is 7.06. The normalized spacial score (nSPS) is 31.4. The van der Waals surface area contributed by atoms with Crippen LogP contribution >= 0.6 is 0 Å². The van der Waals surface area contributed by atoms with Crippen LogP contribution in [0.2, 0.25) is 0 Å². The van der Waals surface area contributed by atoms with Gasteiger partial charge in [0.2, 0.25) is 0 Å². The third-order valence-electron chi connectivity index (χ3n) is 5.18. The van der Waals surface area contributed by atoms with Crippen LogP contribution in [0.1, 0.15) is 59.8 Å². The van der Waals surface area contributed by atoms with Crippen molar-refractivity contribution in [2.24, 2.45) is 0 Å². The van der Waals surface area contributed by atoms with Crippen LogP contribution in [-0.4, -0.2) is 48.3 Å². The molecule has 1 atom stereocenters. The Balaban J connectivity index is 1.99. The average molecular weight is 268 g/mol. The van der Waals surface area contributed by atoms with Crippen molar-refractivity contribution < 1.29 is 4.74 Å². The second-order valence-corrected chi connectivity index (χ2v) is 7.04. The Bertz CT molecular complexity index is 286. The summed E-state index contributed by atoms with van der Waals surface area (Å²) in [5.74, 6) is 0. The van der Waals surface area contributed by atoms with Crippen LogP contribution in [0, 0.1) is 0 Å². The molecule has 112 valence electrons. The first-order valence-electron chi connectivity index (χ1n) is 8.11. The summed E-state index contributed by atoms with van der Waals surface area (Å²) in [4.78, 5) is 2.74. The molecule has 2 aliphatic rings. The largest absolute Gasteiger partial charge is 0.377 e. The van der Waals surface area contributed by atoms with Crippen LogP contribution in [0.4, 0.5) is 0 Å². The fraction of sp³-hybridized carbons (Fsp3) is 1.00. The first-order valence-corrected chi connectivity index (χ1v) is 8.11. The van der Waals surface area contributed by atoms with Gasteiger partial charge in [0.05, 0.1) is 12.7 Å². The molecule has 3 heteroatoms. The molecule has 1 aliphatic heterocycles. The highest BCUT2D eigenvalue weighted by atomic mass is 16.5. The highest BCUT2D eigenvalue weighted by Crippen LogP contribution is 2.38. The molecule has 2 fully saturated rings. The number of ether oxygens (including phenoxy) is 1. The van der Waals surface area contributed by atoms with Crippen molar-refractivity contribution >= 4 is 0 Å². The first kappa shape index (κ1) is 15.3. The zero-order valence-electron chi connectivity index (χ0n) is 13.3. The molecule has 1 heterocycles. The summed E-state index contributed by atoms with van der Waals surface area (Å²) in [6.45, 7) is 13.2. The van der Waals surface area contributed by atoms with Crippen LogP contribution < -0.4 is 5.32 Å². The number of piperazine rings is 1. The second kappa shape index (κ2) is 6.11. The Labute approximate surface area is 119 Å². The number of hydrogen-bond acceptors (Lipinski definition) is 3. The summed E-state index contributed by atoms with van der Waals surface area (Å²) >= 11 is 0. The van der Waals surface area contributed by atoms with Crippen LogP contribution in [0.15, 0.2) is 0 Å². The van der Waals surface area contributed by atoms with Crippen LogP contribution in [0.3, 0.4) is 0 Å². The minimum Gasteiger partial charge on any atom is -0.377 e. The molecule has 1 aliphatic carbocycles. The number of nitrogens with one attached hydrogen (secondary N) is 1. The minimum atomic E-state index is 0.283. The molecule has 3 nitrogen and oxygen atoms in total. The lowest BCUT2D eigenvalue weighted by Crippen LogP contribution is -2.68. The molecule has 1 unspecified atom stereocenters. The Hall–Kier alpha value is -0.120. The van der Waals surface area contributed by atoms with Gasteiger partial charge < -0.3 is 10.1 Å². The van der Waals surface area contributed by atoms with Crippen molar-refractivity contribution in [2.45, 2.75) is 77.0 Å². The topological polar surface area (TPSA) is 24.5 Å². The molecule has 1 saturated heterocycles. The van der Waals surface area contributed by atoms with Crippen LogP contribution in [0.25, 0.3) is 0 Å². The van der Waals surface area contributed by atoms with E-state index in [0.29, 0.717) is 11.6 Å². The number of rotatable bonds is 5. The maximum absolute atomic E-state index is 5.79. The van der Waals surface area contributed by atoms with Gasteiger partial charge in [0.1, 0.15) is 0 Å². The van der Waals surface area contributed by atoms with Gasteiger partial charge in [-0.1, -0.05) is 19.8 Å². The number of hydrogen-bond donors (Lipinski definition) is 1. The summed E-state index contributed by atoms with van der Waals surface area (Å²) in [7, 11) is 0. The van der Waals surface area contributed by atoms with E-state index >= 15 is 0 Å². The zero-order chi connectivity index (χ0) is 13.9. The summed E-state index contributed by atoms with van der Waals surface area (Å²) < 4.78 is 5.79. The van der Waals surface area contributed by atoms with Gasteiger partial charge in [-0.25, -0.2) is 0 Å². The van der Waals surface area contributed by atoms with E-state index in [-0.39, 0.29) is 5.54 Å². The zero-order valence-corrected chi connectivity index (χ0v) is 13.3. The SMILES string of the molecule is CCC1(C)CN(CCOC(C)C)C2(CCCC2)CN1. The molecule has 0 aromatic carbocycles. The minimum absolute atomic E-state index is 0.283. The number of nitrogens with zero attached hydrogens (tertiary/aromatic N) is 1. The van der Waals surface area contributed by atoms with E-state index in [2.05, 4.69) is 37.9 Å². The van der Waals surface area contributed by atoms with Crippen LogP contribution in [0.5, 0.6) is 0 Å². The van der Waals surface area contributed by atoms with Crippen molar-refractivity contribution in [1.29, 1.82) is 0 Å². The van der Waals surface area contributed by atoms with Crippen LogP contribution in [-0.2, 0) is 4.74 Å². The summed E-state index contributed by atoms with van der Waals surface area (Å²) in [6, 6.07) is 0. The smallest absolute Gasteiger partial charge is 0.0597 e. The lowest BCUT2D eigenvalue weighted by atomic mass is 9.85. The van der Waals surface area contributed by atoms with Crippen molar-refractivity contribution in [2.75, 3.05) is 26.2 Å². The van der Waals surface area contributed by atoms with Crippen molar-refractivity contribution in [3.05, 3.63) is 0 Å². The van der Waals surface area contributed by atoms with Gasteiger partial charge in [0.25, 0.3) is 0 Å². The summed E-state index contributed by atoms with van der Waals surface area (Å²) in [5.41, 5.74) is 0.709. The molecule has 2 rings (SSSR count). The third-order valence-corrected chi connectivity index (χ3v) is 5.18. The van der Waals surface area contributed by atoms with Gasteiger partial charge >= 0.3 is 0 Å². The monoisotopic (exact) mass is 268 g/mol. The highest BCUT2D eigenvalue weighted by molar-refractivity contribution is 5.05. The fourth-order valence-electron chi connectivity index (χ4n) is 3.61. The van der Waals surface area contributed by atoms with Gasteiger partial charge in [-0.2, -0.15) is 0 Å². The van der Waals surface area contributed by atoms with Gasteiger partial charge in [-0.3, -0.25) is 4.90 Å². The van der Waals surface area contributed by atoms with Crippen molar-refractivity contribution in [3.63, 3.8) is 0 Å². The van der Waals surface area contributed by atoms with E-state index in [4.69, 9.17) is 4.74 Å². The Morgan fingerprint density at radius 3 is 2.53 bits per heavy atom.